The summed E-state index contributed by atoms with van der Waals surface area (Å²) in [5, 5.41) is 3.05. The minimum Gasteiger partial charge on any atom is -0.489 e. The van der Waals surface area contributed by atoms with Crippen molar-refractivity contribution in [2.75, 3.05) is 20.3 Å². The van der Waals surface area contributed by atoms with E-state index in [4.69, 9.17) is 9.47 Å². The zero-order chi connectivity index (χ0) is 15.2. The lowest BCUT2D eigenvalue weighted by Crippen LogP contribution is -2.31. The number of hydrogen-bond acceptors (Lipinski definition) is 6. The second-order valence-electron chi connectivity index (χ2n) is 4.70. The molecule has 2 unspecified atom stereocenters. The topological polar surface area (TPSA) is 73.9 Å². The van der Waals surface area contributed by atoms with Crippen molar-refractivity contribution in [2.24, 2.45) is 0 Å². The number of ether oxygens (including phenoxy) is 3. The van der Waals surface area contributed by atoms with Crippen LogP contribution in [-0.4, -0.2) is 44.3 Å². The van der Waals surface area contributed by atoms with Crippen molar-refractivity contribution in [3.05, 3.63) is 29.8 Å². The lowest BCUT2D eigenvalue weighted by Gasteiger charge is -2.13. The van der Waals surface area contributed by atoms with Gasteiger partial charge in [-0.3, -0.25) is 4.79 Å². The first-order valence-corrected chi connectivity index (χ1v) is 6.89. The first kappa shape index (κ1) is 15.3. The Hall–Kier alpha value is -2.08. The quantitative estimate of drug-likeness (QED) is 0.821. The molecular weight excluding hydrogens is 274 g/mol. The van der Waals surface area contributed by atoms with E-state index >= 15 is 0 Å². The SMILES string of the molecule is CCOC(=O)c1ccc(OC2CNC(C(=O)OC)C2)cc1. The van der Waals surface area contributed by atoms with E-state index in [-0.39, 0.29) is 24.1 Å². The van der Waals surface area contributed by atoms with E-state index in [1.165, 1.54) is 7.11 Å². The Morgan fingerprint density at radius 3 is 2.62 bits per heavy atom. The van der Waals surface area contributed by atoms with Crippen molar-refractivity contribution in [1.29, 1.82) is 0 Å². The lowest BCUT2D eigenvalue weighted by molar-refractivity contribution is -0.142. The Morgan fingerprint density at radius 2 is 2.00 bits per heavy atom. The average molecular weight is 293 g/mol. The van der Waals surface area contributed by atoms with E-state index in [2.05, 4.69) is 10.1 Å². The molecule has 1 heterocycles. The molecule has 1 aliphatic heterocycles. The number of esters is 2. The van der Waals surface area contributed by atoms with E-state index in [0.717, 1.165) is 0 Å². The van der Waals surface area contributed by atoms with Crippen LogP contribution < -0.4 is 10.1 Å². The number of methoxy groups -OCH3 is 1. The highest BCUT2D eigenvalue weighted by atomic mass is 16.5. The number of carbonyl (C=O) groups excluding carboxylic acids is 2. The Bertz CT molecular complexity index is 499. The van der Waals surface area contributed by atoms with Crippen LogP contribution in [0.4, 0.5) is 0 Å². The summed E-state index contributed by atoms with van der Waals surface area (Å²) in [7, 11) is 1.37. The van der Waals surface area contributed by atoms with E-state index in [9.17, 15) is 9.59 Å². The maximum absolute atomic E-state index is 11.5. The molecule has 21 heavy (non-hydrogen) atoms. The summed E-state index contributed by atoms with van der Waals surface area (Å²) in [6, 6.07) is 6.44. The molecule has 2 rings (SSSR count). The number of hydrogen-bond donors (Lipinski definition) is 1. The maximum atomic E-state index is 11.5. The first-order chi connectivity index (χ1) is 10.1. The molecular formula is C15H19NO5. The number of rotatable bonds is 5. The minimum atomic E-state index is -0.350. The largest absolute Gasteiger partial charge is 0.489 e. The van der Waals surface area contributed by atoms with Gasteiger partial charge in [-0.05, 0) is 31.2 Å². The summed E-state index contributed by atoms with van der Waals surface area (Å²) in [4.78, 5) is 22.9. The summed E-state index contributed by atoms with van der Waals surface area (Å²) < 4.78 is 15.4. The fourth-order valence-electron chi connectivity index (χ4n) is 2.19. The van der Waals surface area contributed by atoms with E-state index < -0.39 is 0 Å². The van der Waals surface area contributed by atoms with Gasteiger partial charge in [0.05, 0.1) is 19.3 Å². The third kappa shape index (κ3) is 3.95. The van der Waals surface area contributed by atoms with Crippen LogP contribution in [0.15, 0.2) is 24.3 Å². The van der Waals surface area contributed by atoms with Crippen molar-refractivity contribution >= 4 is 11.9 Å². The van der Waals surface area contributed by atoms with Gasteiger partial charge in [-0.1, -0.05) is 0 Å². The van der Waals surface area contributed by atoms with Gasteiger partial charge in [-0.25, -0.2) is 4.79 Å². The molecule has 1 fully saturated rings. The molecule has 6 nitrogen and oxygen atoms in total. The highest BCUT2D eigenvalue weighted by Crippen LogP contribution is 2.19. The third-order valence-corrected chi connectivity index (χ3v) is 3.24. The summed E-state index contributed by atoms with van der Waals surface area (Å²) in [6.45, 7) is 2.69. The van der Waals surface area contributed by atoms with Gasteiger partial charge >= 0.3 is 11.9 Å². The van der Waals surface area contributed by atoms with Crippen LogP contribution in [0.1, 0.15) is 23.7 Å². The molecule has 1 N–H and O–H groups in total. The van der Waals surface area contributed by atoms with Crippen molar-refractivity contribution in [3.63, 3.8) is 0 Å². The molecule has 0 saturated carbocycles. The van der Waals surface area contributed by atoms with E-state index in [0.29, 0.717) is 30.9 Å². The van der Waals surface area contributed by atoms with Crippen LogP contribution in [-0.2, 0) is 14.3 Å². The van der Waals surface area contributed by atoms with Crippen molar-refractivity contribution in [3.8, 4) is 5.75 Å². The monoisotopic (exact) mass is 293 g/mol. The summed E-state index contributed by atoms with van der Waals surface area (Å²) in [5.74, 6) is 0.0245. The summed E-state index contributed by atoms with van der Waals surface area (Å²) in [5.41, 5.74) is 0.487. The van der Waals surface area contributed by atoms with Gasteiger partial charge in [0.15, 0.2) is 0 Å². The predicted octanol–water partition coefficient (Wildman–Crippen LogP) is 1.15. The molecule has 0 aromatic heterocycles. The van der Waals surface area contributed by atoms with Crippen LogP contribution >= 0.6 is 0 Å². The molecule has 0 aliphatic carbocycles. The molecule has 6 heteroatoms. The van der Waals surface area contributed by atoms with Crippen LogP contribution in [0.5, 0.6) is 5.75 Å². The number of carbonyl (C=O) groups is 2. The standard InChI is InChI=1S/C15H19NO5/c1-3-20-14(17)10-4-6-11(7-5-10)21-12-8-13(16-9-12)15(18)19-2/h4-7,12-13,16H,3,8-9H2,1-2H3. The van der Waals surface area contributed by atoms with Gasteiger partial charge in [-0.15, -0.1) is 0 Å². The molecule has 1 aromatic rings. The Kier molecular flexibility index (Phi) is 5.16. The van der Waals surface area contributed by atoms with Crippen molar-refractivity contribution in [1.82, 2.24) is 5.32 Å². The van der Waals surface area contributed by atoms with Crippen LogP contribution in [0.25, 0.3) is 0 Å². The predicted molar refractivity (Wildman–Crippen MR) is 75.2 cm³/mol. The second kappa shape index (κ2) is 7.08. The smallest absolute Gasteiger partial charge is 0.338 e. The molecule has 1 aromatic carbocycles. The zero-order valence-corrected chi connectivity index (χ0v) is 12.1. The van der Waals surface area contributed by atoms with Crippen molar-refractivity contribution < 1.29 is 23.8 Å². The maximum Gasteiger partial charge on any atom is 0.338 e. The van der Waals surface area contributed by atoms with Gasteiger partial charge in [0, 0.05) is 13.0 Å². The lowest BCUT2D eigenvalue weighted by atomic mass is 10.2. The molecule has 0 radical (unpaired) electrons. The molecule has 1 aliphatic rings. The summed E-state index contributed by atoms with van der Waals surface area (Å²) >= 11 is 0. The molecule has 114 valence electrons. The highest BCUT2D eigenvalue weighted by molar-refractivity contribution is 5.89. The molecule has 0 bridgehead atoms. The van der Waals surface area contributed by atoms with Crippen LogP contribution in [0.2, 0.25) is 0 Å². The van der Waals surface area contributed by atoms with Gasteiger partial charge in [0.25, 0.3) is 0 Å². The fourth-order valence-corrected chi connectivity index (χ4v) is 2.19. The zero-order valence-electron chi connectivity index (χ0n) is 12.1. The fraction of sp³-hybridized carbons (Fsp3) is 0.467. The second-order valence-corrected chi connectivity index (χ2v) is 4.70. The van der Waals surface area contributed by atoms with Crippen molar-refractivity contribution in [2.45, 2.75) is 25.5 Å². The number of benzene rings is 1. The summed E-state index contributed by atoms with van der Waals surface area (Å²) in [6.07, 6.45) is 0.467. The van der Waals surface area contributed by atoms with Gasteiger partial charge in [0.2, 0.25) is 0 Å². The Morgan fingerprint density at radius 1 is 1.29 bits per heavy atom. The average Bonchev–Trinajstić information content (AvgIpc) is 2.96. The van der Waals surface area contributed by atoms with E-state index in [1.54, 1.807) is 31.2 Å². The van der Waals surface area contributed by atoms with Crippen LogP contribution in [0, 0.1) is 0 Å². The Balaban J connectivity index is 1.89. The van der Waals surface area contributed by atoms with Gasteiger partial charge < -0.3 is 19.5 Å². The first-order valence-electron chi connectivity index (χ1n) is 6.89. The van der Waals surface area contributed by atoms with Crippen LogP contribution in [0.3, 0.4) is 0 Å². The number of nitrogens with one attached hydrogen (secondary N) is 1. The molecule has 0 amide bonds. The highest BCUT2D eigenvalue weighted by Gasteiger charge is 2.31. The molecule has 2 atom stereocenters. The van der Waals surface area contributed by atoms with Gasteiger partial charge in [-0.2, -0.15) is 0 Å². The van der Waals surface area contributed by atoms with E-state index in [1.807, 2.05) is 0 Å². The van der Waals surface area contributed by atoms with Gasteiger partial charge in [0.1, 0.15) is 17.9 Å². The normalized spacial score (nSPS) is 20.9. The third-order valence-electron chi connectivity index (χ3n) is 3.24. The minimum absolute atomic E-state index is 0.0949. The Labute approximate surface area is 123 Å². The molecule has 1 saturated heterocycles. The molecule has 0 spiro atoms.